The molecule has 0 aromatic rings. The maximum absolute atomic E-state index is 14.4. The summed E-state index contributed by atoms with van der Waals surface area (Å²) in [7, 11) is 0. The van der Waals surface area contributed by atoms with Crippen molar-refractivity contribution in [1.29, 1.82) is 0 Å². The van der Waals surface area contributed by atoms with Crippen molar-refractivity contribution in [1.82, 2.24) is 9.80 Å². The quantitative estimate of drug-likeness (QED) is 0.332. The third-order valence-corrected chi connectivity index (χ3v) is 5.60. The molecule has 26 heavy (non-hydrogen) atoms. The Hall–Kier alpha value is -0.450. The van der Waals surface area contributed by atoms with Crippen LogP contribution in [0.25, 0.3) is 0 Å². The van der Waals surface area contributed by atoms with Crippen LogP contribution in [0, 0.1) is 0 Å². The van der Waals surface area contributed by atoms with Crippen LogP contribution in [-0.4, -0.2) is 48.6 Å². The Kier molecular flexibility index (Phi) is 12.4. The Morgan fingerprint density at radius 3 is 2.35 bits per heavy atom. The molecular weight excluding hydrogens is 391 g/mol. The molecule has 0 saturated heterocycles. The normalized spacial score (nSPS) is 15.3. The first-order valence-corrected chi connectivity index (χ1v) is 11.2. The van der Waals surface area contributed by atoms with E-state index in [0.29, 0.717) is 12.6 Å². The van der Waals surface area contributed by atoms with Crippen molar-refractivity contribution in [3.63, 3.8) is 0 Å². The molecule has 1 rings (SSSR count). The van der Waals surface area contributed by atoms with Crippen LogP contribution in [0.4, 0.5) is 4.39 Å². The summed E-state index contributed by atoms with van der Waals surface area (Å²) in [4.78, 5) is 5.05. The number of halogens is 2. The van der Waals surface area contributed by atoms with Crippen molar-refractivity contribution in [2.75, 3.05) is 32.7 Å². The van der Waals surface area contributed by atoms with Crippen molar-refractivity contribution >= 4 is 15.9 Å². The lowest BCUT2D eigenvalue weighted by atomic mass is 10.1. The number of hydrogen-bond acceptors (Lipinski definition) is 2. The number of rotatable bonds is 13. The van der Waals surface area contributed by atoms with Gasteiger partial charge in [0.2, 0.25) is 0 Å². The van der Waals surface area contributed by atoms with Gasteiger partial charge in [-0.3, -0.25) is 4.90 Å². The van der Waals surface area contributed by atoms with Gasteiger partial charge in [0.15, 0.2) is 0 Å². The van der Waals surface area contributed by atoms with Crippen LogP contribution < -0.4 is 0 Å². The maximum atomic E-state index is 14.4. The number of allylic oxidation sites excluding steroid dienone is 4. The zero-order valence-corrected chi connectivity index (χ0v) is 18.8. The molecule has 0 heterocycles. The van der Waals surface area contributed by atoms with Crippen LogP contribution in [0.3, 0.4) is 0 Å². The zero-order chi connectivity index (χ0) is 19.4. The lowest BCUT2D eigenvalue weighted by Crippen LogP contribution is -2.38. The SMILES string of the molecule is CCCN(CCCN(CCC)C(CC)CC)CC1=C(F)C=C(Br)CC=C1. The van der Waals surface area contributed by atoms with Gasteiger partial charge in [-0.15, -0.1) is 0 Å². The summed E-state index contributed by atoms with van der Waals surface area (Å²) in [5.74, 6) is -0.101. The van der Waals surface area contributed by atoms with Crippen molar-refractivity contribution in [2.45, 2.75) is 72.3 Å². The van der Waals surface area contributed by atoms with Gasteiger partial charge in [0.25, 0.3) is 0 Å². The zero-order valence-electron chi connectivity index (χ0n) is 17.2. The third kappa shape index (κ3) is 8.49. The average molecular weight is 429 g/mol. The van der Waals surface area contributed by atoms with Gasteiger partial charge >= 0.3 is 0 Å². The first-order valence-electron chi connectivity index (χ1n) is 10.4. The Morgan fingerprint density at radius 1 is 1.04 bits per heavy atom. The van der Waals surface area contributed by atoms with Crippen molar-refractivity contribution in [3.8, 4) is 0 Å². The molecule has 0 aromatic heterocycles. The number of hydrogen-bond donors (Lipinski definition) is 0. The van der Waals surface area contributed by atoms with Crippen molar-refractivity contribution < 1.29 is 4.39 Å². The molecule has 0 saturated carbocycles. The fraction of sp³-hybridized carbons (Fsp3) is 0.727. The van der Waals surface area contributed by atoms with Gasteiger partial charge in [-0.05, 0) is 70.8 Å². The van der Waals surface area contributed by atoms with Gasteiger partial charge < -0.3 is 4.90 Å². The van der Waals surface area contributed by atoms with E-state index in [1.165, 1.54) is 25.8 Å². The van der Waals surface area contributed by atoms with E-state index in [4.69, 9.17) is 0 Å². The lowest BCUT2D eigenvalue weighted by Gasteiger charge is -2.31. The summed E-state index contributed by atoms with van der Waals surface area (Å²) in [5.41, 5.74) is 0.804. The van der Waals surface area contributed by atoms with Gasteiger partial charge in [-0.25, -0.2) is 4.39 Å². The highest BCUT2D eigenvalue weighted by Gasteiger charge is 2.15. The molecule has 0 atom stereocenters. The molecule has 0 aromatic carbocycles. The molecular formula is C22H38BrFN2. The van der Waals surface area contributed by atoms with E-state index in [0.717, 1.165) is 49.0 Å². The predicted octanol–water partition coefficient (Wildman–Crippen LogP) is 6.45. The second kappa shape index (κ2) is 13.7. The van der Waals surface area contributed by atoms with Crippen molar-refractivity contribution in [3.05, 3.63) is 34.1 Å². The molecule has 0 unspecified atom stereocenters. The minimum absolute atomic E-state index is 0.101. The minimum atomic E-state index is -0.101. The topological polar surface area (TPSA) is 6.48 Å². The van der Waals surface area contributed by atoms with Crippen molar-refractivity contribution in [2.24, 2.45) is 0 Å². The van der Waals surface area contributed by atoms with Gasteiger partial charge in [0, 0.05) is 22.6 Å². The first kappa shape index (κ1) is 23.6. The van der Waals surface area contributed by atoms with Gasteiger partial charge in [-0.2, -0.15) is 0 Å². The molecule has 4 heteroatoms. The molecule has 2 nitrogen and oxygen atoms in total. The number of nitrogens with zero attached hydrogens (tertiary/aromatic N) is 2. The van der Waals surface area contributed by atoms with E-state index < -0.39 is 0 Å². The highest BCUT2D eigenvalue weighted by molar-refractivity contribution is 9.11. The van der Waals surface area contributed by atoms with Gasteiger partial charge in [0.05, 0.1) is 0 Å². The molecule has 0 spiro atoms. The molecule has 0 aliphatic heterocycles. The van der Waals surface area contributed by atoms with E-state index >= 15 is 0 Å². The molecule has 150 valence electrons. The van der Waals surface area contributed by atoms with Crippen LogP contribution >= 0.6 is 15.9 Å². The summed E-state index contributed by atoms with van der Waals surface area (Å²) >= 11 is 3.42. The Labute approximate surface area is 169 Å². The Morgan fingerprint density at radius 2 is 1.73 bits per heavy atom. The molecule has 1 aliphatic carbocycles. The van der Waals surface area contributed by atoms with Crippen LogP contribution in [0.1, 0.15) is 66.2 Å². The molecule has 0 radical (unpaired) electrons. The van der Waals surface area contributed by atoms with Crippen LogP contribution in [0.2, 0.25) is 0 Å². The smallest absolute Gasteiger partial charge is 0.128 e. The maximum Gasteiger partial charge on any atom is 0.128 e. The highest BCUT2D eigenvalue weighted by atomic mass is 79.9. The van der Waals surface area contributed by atoms with E-state index in [2.05, 4.69) is 53.4 Å². The summed E-state index contributed by atoms with van der Waals surface area (Å²) in [6, 6.07) is 0.696. The van der Waals surface area contributed by atoms with Gasteiger partial charge in [-0.1, -0.05) is 55.8 Å². The van der Waals surface area contributed by atoms with Gasteiger partial charge in [0.1, 0.15) is 5.83 Å². The molecule has 0 fully saturated rings. The lowest BCUT2D eigenvalue weighted by molar-refractivity contribution is 0.171. The Balaban J connectivity index is 2.63. The van der Waals surface area contributed by atoms with E-state index in [1.807, 2.05) is 12.2 Å². The van der Waals surface area contributed by atoms with Crippen LogP contribution in [0.15, 0.2) is 34.1 Å². The molecule has 0 N–H and O–H groups in total. The fourth-order valence-electron chi connectivity index (χ4n) is 3.70. The summed E-state index contributed by atoms with van der Waals surface area (Å²) in [5, 5.41) is 0. The molecule has 0 amide bonds. The van der Waals surface area contributed by atoms with Crippen LogP contribution in [0.5, 0.6) is 0 Å². The van der Waals surface area contributed by atoms with E-state index in [9.17, 15) is 4.39 Å². The average Bonchev–Trinajstić information content (AvgIpc) is 2.76. The molecule has 0 bridgehead atoms. The summed E-state index contributed by atoms with van der Waals surface area (Å²) < 4.78 is 15.3. The second-order valence-corrected chi connectivity index (χ2v) is 8.23. The predicted molar refractivity (Wildman–Crippen MR) is 116 cm³/mol. The standard InChI is InChI=1S/C22H38BrFN2/c1-5-13-25(18-19-11-9-12-20(23)17-22(19)24)15-10-16-26(14-6-2)21(7-3)8-4/h9,11,17,21H,5-8,10,12-16,18H2,1-4H3. The third-order valence-electron chi connectivity index (χ3n) is 5.05. The minimum Gasteiger partial charge on any atom is -0.300 e. The van der Waals surface area contributed by atoms with Crippen LogP contribution in [-0.2, 0) is 0 Å². The van der Waals surface area contributed by atoms with E-state index in [1.54, 1.807) is 6.08 Å². The largest absolute Gasteiger partial charge is 0.300 e. The summed E-state index contributed by atoms with van der Waals surface area (Å²) in [6.45, 7) is 14.1. The summed E-state index contributed by atoms with van der Waals surface area (Å²) in [6.07, 6.45) is 12.3. The molecule has 1 aliphatic rings. The highest BCUT2D eigenvalue weighted by Crippen LogP contribution is 2.23. The Bertz CT molecular complexity index is 481. The fourth-order valence-corrected chi connectivity index (χ4v) is 4.09. The monoisotopic (exact) mass is 428 g/mol. The van der Waals surface area contributed by atoms with E-state index in [-0.39, 0.29) is 5.83 Å². The second-order valence-electron chi connectivity index (χ2n) is 7.21. The first-order chi connectivity index (χ1) is 12.5.